The number of hydrogen-bond acceptors (Lipinski definition) is 2. The highest BCUT2D eigenvalue weighted by Crippen LogP contribution is 2.26. The van der Waals surface area contributed by atoms with Gasteiger partial charge in [0, 0.05) is 6.54 Å². The highest BCUT2D eigenvalue weighted by atomic mass is 35.5. The minimum atomic E-state index is 0.764. The summed E-state index contributed by atoms with van der Waals surface area (Å²) in [6, 6.07) is 5.90. The smallest absolute Gasteiger partial charge is 0.0991 e. The Kier molecular flexibility index (Phi) is 2.64. The van der Waals surface area contributed by atoms with Crippen molar-refractivity contribution in [3.05, 3.63) is 40.7 Å². The Balaban J connectivity index is 2.23. The molecule has 0 fully saturated rings. The van der Waals surface area contributed by atoms with Crippen molar-refractivity contribution >= 4 is 17.3 Å². The number of anilines is 1. The van der Waals surface area contributed by atoms with E-state index < -0.39 is 0 Å². The summed E-state index contributed by atoms with van der Waals surface area (Å²) in [5.41, 5.74) is 2.15. The topological polar surface area (TPSA) is 24.1 Å². The number of aryl methyl sites for hydroxylation is 1. The van der Waals surface area contributed by atoms with Crippen LogP contribution in [0.3, 0.4) is 0 Å². The molecule has 1 aromatic rings. The Morgan fingerprint density at radius 3 is 2.93 bits per heavy atom. The molecule has 0 radical (unpaired) electrons. The first kappa shape index (κ1) is 9.41. The van der Waals surface area contributed by atoms with Crippen molar-refractivity contribution in [3.8, 4) is 0 Å². The van der Waals surface area contributed by atoms with Gasteiger partial charge in [-0.15, -0.1) is 0 Å². The maximum absolute atomic E-state index is 6.09. The maximum atomic E-state index is 6.09. The maximum Gasteiger partial charge on any atom is 0.0991 e. The minimum Gasteiger partial charge on any atom is -0.372 e. The van der Waals surface area contributed by atoms with Gasteiger partial charge in [0.2, 0.25) is 0 Å². The van der Waals surface area contributed by atoms with Crippen LogP contribution in [-0.2, 0) is 0 Å². The molecular weight excluding hydrogens is 196 g/mol. The summed E-state index contributed by atoms with van der Waals surface area (Å²) in [4.78, 5) is 0. The molecule has 1 aromatic carbocycles. The lowest BCUT2D eigenvalue weighted by atomic mass is 10.2. The minimum absolute atomic E-state index is 0.764. The van der Waals surface area contributed by atoms with Gasteiger partial charge in [0.25, 0.3) is 0 Å². The summed E-state index contributed by atoms with van der Waals surface area (Å²) in [5, 5.41) is 7.31. The van der Waals surface area contributed by atoms with E-state index in [9.17, 15) is 0 Å². The molecular formula is C11H13ClN2. The SMILES string of the molecule is Cc1cccc(Cl)c1NC1=CCCN1. The molecule has 0 unspecified atom stereocenters. The third-order valence-electron chi connectivity index (χ3n) is 2.29. The van der Waals surface area contributed by atoms with E-state index in [-0.39, 0.29) is 0 Å². The van der Waals surface area contributed by atoms with E-state index in [1.165, 1.54) is 0 Å². The molecule has 2 nitrogen and oxygen atoms in total. The first-order valence-electron chi connectivity index (χ1n) is 4.73. The van der Waals surface area contributed by atoms with Gasteiger partial charge in [0.05, 0.1) is 16.5 Å². The Morgan fingerprint density at radius 1 is 1.43 bits per heavy atom. The van der Waals surface area contributed by atoms with Crippen molar-refractivity contribution in [2.45, 2.75) is 13.3 Å². The second-order valence-electron chi connectivity index (χ2n) is 3.39. The average Bonchev–Trinajstić information content (AvgIpc) is 2.64. The van der Waals surface area contributed by atoms with Crippen LogP contribution >= 0.6 is 11.6 Å². The number of halogens is 1. The van der Waals surface area contributed by atoms with Crippen molar-refractivity contribution in [3.63, 3.8) is 0 Å². The molecule has 3 heteroatoms. The molecule has 0 atom stereocenters. The fraction of sp³-hybridized carbons (Fsp3) is 0.273. The van der Waals surface area contributed by atoms with Gasteiger partial charge in [-0.2, -0.15) is 0 Å². The van der Waals surface area contributed by atoms with Crippen LogP contribution in [0, 0.1) is 6.92 Å². The lowest BCUT2D eigenvalue weighted by Gasteiger charge is -2.12. The molecule has 0 aliphatic carbocycles. The molecule has 1 aliphatic heterocycles. The molecule has 2 rings (SSSR count). The monoisotopic (exact) mass is 208 g/mol. The van der Waals surface area contributed by atoms with Crippen LogP contribution in [0.4, 0.5) is 5.69 Å². The van der Waals surface area contributed by atoms with Crippen molar-refractivity contribution in [1.82, 2.24) is 5.32 Å². The second-order valence-corrected chi connectivity index (χ2v) is 3.80. The Labute approximate surface area is 89.0 Å². The molecule has 0 aromatic heterocycles. The number of para-hydroxylation sites is 1. The van der Waals surface area contributed by atoms with Crippen LogP contribution in [0.1, 0.15) is 12.0 Å². The van der Waals surface area contributed by atoms with Gasteiger partial charge in [-0.05, 0) is 31.1 Å². The largest absolute Gasteiger partial charge is 0.372 e. The zero-order valence-electron chi connectivity index (χ0n) is 8.10. The van der Waals surface area contributed by atoms with Gasteiger partial charge >= 0.3 is 0 Å². The van der Waals surface area contributed by atoms with Gasteiger partial charge in [0.1, 0.15) is 0 Å². The third-order valence-corrected chi connectivity index (χ3v) is 2.60. The van der Waals surface area contributed by atoms with E-state index in [1.807, 2.05) is 25.1 Å². The molecule has 74 valence electrons. The number of benzene rings is 1. The highest BCUT2D eigenvalue weighted by Gasteiger charge is 2.07. The van der Waals surface area contributed by atoms with E-state index in [2.05, 4.69) is 16.7 Å². The molecule has 1 heterocycles. The van der Waals surface area contributed by atoms with E-state index in [4.69, 9.17) is 11.6 Å². The molecule has 0 amide bonds. The Morgan fingerprint density at radius 2 is 2.29 bits per heavy atom. The summed E-state index contributed by atoms with van der Waals surface area (Å²) < 4.78 is 0. The van der Waals surface area contributed by atoms with E-state index in [0.717, 1.165) is 35.1 Å². The second kappa shape index (κ2) is 3.93. The van der Waals surface area contributed by atoms with Crippen LogP contribution in [-0.4, -0.2) is 6.54 Å². The molecule has 0 saturated carbocycles. The lowest BCUT2D eigenvalue weighted by molar-refractivity contribution is 0.879. The Bertz CT molecular complexity index is 351. The first-order chi connectivity index (χ1) is 6.77. The predicted molar refractivity (Wildman–Crippen MR) is 60.5 cm³/mol. The number of nitrogens with one attached hydrogen (secondary N) is 2. The molecule has 0 spiro atoms. The third kappa shape index (κ3) is 1.85. The highest BCUT2D eigenvalue weighted by molar-refractivity contribution is 6.33. The molecule has 0 bridgehead atoms. The van der Waals surface area contributed by atoms with Gasteiger partial charge in [-0.25, -0.2) is 0 Å². The average molecular weight is 209 g/mol. The number of rotatable bonds is 2. The van der Waals surface area contributed by atoms with E-state index in [0.29, 0.717) is 0 Å². The standard InChI is InChI=1S/C11H13ClN2/c1-8-4-2-5-9(12)11(8)14-10-6-3-7-13-10/h2,4-6,13-14H,3,7H2,1H3. The Hall–Kier alpha value is -1.15. The van der Waals surface area contributed by atoms with Crippen molar-refractivity contribution < 1.29 is 0 Å². The van der Waals surface area contributed by atoms with Crippen molar-refractivity contribution in [2.75, 3.05) is 11.9 Å². The van der Waals surface area contributed by atoms with E-state index in [1.54, 1.807) is 0 Å². The van der Waals surface area contributed by atoms with Gasteiger partial charge in [-0.3, -0.25) is 0 Å². The normalized spacial score (nSPS) is 14.9. The summed E-state index contributed by atoms with van der Waals surface area (Å²) in [7, 11) is 0. The molecule has 14 heavy (non-hydrogen) atoms. The summed E-state index contributed by atoms with van der Waals surface area (Å²) in [6.45, 7) is 3.05. The lowest BCUT2D eigenvalue weighted by Crippen LogP contribution is -2.15. The quantitative estimate of drug-likeness (QED) is 0.781. The van der Waals surface area contributed by atoms with Gasteiger partial charge in [-0.1, -0.05) is 23.7 Å². The van der Waals surface area contributed by atoms with Crippen LogP contribution in [0.15, 0.2) is 30.1 Å². The molecule has 2 N–H and O–H groups in total. The van der Waals surface area contributed by atoms with Crippen LogP contribution in [0.2, 0.25) is 5.02 Å². The van der Waals surface area contributed by atoms with Crippen LogP contribution in [0.5, 0.6) is 0 Å². The van der Waals surface area contributed by atoms with Crippen molar-refractivity contribution in [1.29, 1.82) is 0 Å². The summed E-state index contributed by atoms with van der Waals surface area (Å²) >= 11 is 6.09. The van der Waals surface area contributed by atoms with Gasteiger partial charge in [0.15, 0.2) is 0 Å². The molecule has 1 aliphatic rings. The zero-order valence-corrected chi connectivity index (χ0v) is 8.86. The fourth-order valence-corrected chi connectivity index (χ4v) is 1.78. The number of hydrogen-bond donors (Lipinski definition) is 2. The van der Waals surface area contributed by atoms with Crippen LogP contribution < -0.4 is 10.6 Å². The summed E-state index contributed by atoms with van der Waals surface area (Å²) in [6.07, 6.45) is 3.22. The predicted octanol–water partition coefficient (Wildman–Crippen LogP) is 2.90. The molecule has 0 saturated heterocycles. The van der Waals surface area contributed by atoms with Gasteiger partial charge < -0.3 is 10.6 Å². The van der Waals surface area contributed by atoms with Crippen molar-refractivity contribution in [2.24, 2.45) is 0 Å². The first-order valence-corrected chi connectivity index (χ1v) is 5.11. The summed E-state index contributed by atoms with van der Waals surface area (Å²) in [5.74, 6) is 1.06. The van der Waals surface area contributed by atoms with Crippen LogP contribution in [0.25, 0.3) is 0 Å². The fourth-order valence-electron chi connectivity index (χ4n) is 1.52. The van der Waals surface area contributed by atoms with E-state index >= 15 is 0 Å². The zero-order chi connectivity index (χ0) is 9.97.